The van der Waals surface area contributed by atoms with Gasteiger partial charge in [-0.3, -0.25) is 4.79 Å². The molecule has 1 fully saturated rings. The lowest BCUT2D eigenvalue weighted by atomic mass is 9.98. The van der Waals surface area contributed by atoms with E-state index >= 15 is 0 Å². The molecule has 1 saturated heterocycles. The van der Waals surface area contributed by atoms with Crippen LogP contribution in [0.5, 0.6) is 0 Å². The van der Waals surface area contributed by atoms with Crippen molar-refractivity contribution >= 4 is 11.6 Å². The predicted octanol–water partition coefficient (Wildman–Crippen LogP) is 2.81. The Hall–Kier alpha value is -1.35. The van der Waals surface area contributed by atoms with Gasteiger partial charge in [-0.05, 0) is 50.8 Å². The van der Waals surface area contributed by atoms with Crippen LogP contribution < -0.4 is 10.2 Å². The molecule has 0 radical (unpaired) electrons. The van der Waals surface area contributed by atoms with E-state index < -0.39 is 0 Å². The topological polar surface area (TPSA) is 32.3 Å². The van der Waals surface area contributed by atoms with Crippen LogP contribution >= 0.6 is 0 Å². The zero-order valence-electron chi connectivity index (χ0n) is 12.3. The van der Waals surface area contributed by atoms with Gasteiger partial charge in [0, 0.05) is 12.2 Å². The second-order valence-electron chi connectivity index (χ2n) is 6.08. The highest BCUT2D eigenvalue weighted by atomic mass is 16.2. The molecule has 3 heteroatoms. The smallest absolute Gasteiger partial charge is 0.244 e. The highest BCUT2D eigenvalue weighted by molar-refractivity contribution is 5.98. The average molecular weight is 272 g/mol. The number of anilines is 1. The van der Waals surface area contributed by atoms with Crippen molar-refractivity contribution < 1.29 is 4.79 Å². The quantitative estimate of drug-likeness (QED) is 0.852. The van der Waals surface area contributed by atoms with Crippen LogP contribution in [0, 0.1) is 6.92 Å². The molecule has 3 rings (SSSR count). The zero-order valence-corrected chi connectivity index (χ0v) is 12.3. The molecule has 1 N–H and O–H groups in total. The first kappa shape index (κ1) is 13.6. The molecule has 3 nitrogen and oxygen atoms in total. The molecule has 0 aliphatic carbocycles. The van der Waals surface area contributed by atoms with Crippen LogP contribution in [-0.2, 0) is 11.2 Å². The first-order valence-electron chi connectivity index (χ1n) is 7.90. The van der Waals surface area contributed by atoms with Crippen molar-refractivity contribution in [2.75, 3.05) is 18.0 Å². The van der Waals surface area contributed by atoms with E-state index in [9.17, 15) is 4.79 Å². The summed E-state index contributed by atoms with van der Waals surface area (Å²) >= 11 is 0. The van der Waals surface area contributed by atoms with Crippen LogP contribution in [-0.4, -0.2) is 25.0 Å². The van der Waals surface area contributed by atoms with Crippen LogP contribution in [0.25, 0.3) is 0 Å². The molecule has 0 spiro atoms. The van der Waals surface area contributed by atoms with Gasteiger partial charge in [-0.2, -0.15) is 0 Å². The first-order chi connectivity index (χ1) is 9.75. The third-order valence-electron chi connectivity index (χ3n) is 4.48. The molecule has 2 aliphatic rings. The Morgan fingerprint density at radius 2 is 2.15 bits per heavy atom. The highest BCUT2D eigenvalue weighted by Gasteiger charge is 2.28. The number of nitrogens with zero attached hydrogens (tertiary/aromatic N) is 1. The summed E-state index contributed by atoms with van der Waals surface area (Å²) in [7, 11) is 0. The Bertz CT molecular complexity index is 490. The van der Waals surface area contributed by atoms with E-state index in [2.05, 4.69) is 30.4 Å². The summed E-state index contributed by atoms with van der Waals surface area (Å²) in [4.78, 5) is 14.8. The number of hydrogen-bond acceptors (Lipinski definition) is 2. The Morgan fingerprint density at radius 1 is 1.25 bits per heavy atom. The van der Waals surface area contributed by atoms with Gasteiger partial charge in [0.1, 0.15) is 0 Å². The molecule has 20 heavy (non-hydrogen) atoms. The number of carbonyl (C=O) groups excluding carboxylic acids is 1. The lowest BCUT2D eigenvalue weighted by Crippen LogP contribution is -2.48. The number of fused-ring (bicyclic) bond motifs is 1. The Balaban J connectivity index is 1.82. The summed E-state index contributed by atoms with van der Waals surface area (Å²) in [5, 5.41) is 3.43. The molecule has 0 bridgehead atoms. The summed E-state index contributed by atoms with van der Waals surface area (Å²) in [6.07, 6.45) is 6.76. The number of carbonyl (C=O) groups is 1. The second kappa shape index (κ2) is 5.96. The van der Waals surface area contributed by atoms with Crippen molar-refractivity contribution in [2.45, 2.75) is 51.5 Å². The lowest BCUT2D eigenvalue weighted by molar-refractivity contribution is -0.120. The predicted molar refractivity (Wildman–Crippen MR) is 82.1 cm³/mol. The maximum absolute atomic E-state index is 12.8. The third-order valence-corrected chi connectivity index (χ3v) is 4.48. The molecule has 2 heterocycles. The molecular weight excluding hydrogens is 248 g/mol. The fraction of sp³-hybridized carbons (Fsp3) is 0.588. The molecule has 0 saturated carbocycles. The van der Waals surface area contributed by atoms with Crippen molar-refractivity contribution in [1.82, 2.24) is 5.32 Å². The Morgan fingerprint density at radius 3 is 3.05 bits per heavy atom. The maximum atomic E-state index is 12.8. The minimum Gasteiger partial charge on any atom is -0.311 e. The number of aryl methyl sites for hydroxylation is 2. The maximum Gasteiger partial charge on any atom is 0.244 e. The summed E-state index contributed by atoms with van der Waals surface area (Å²) < 4.78 is 0. The van der Waals surface area contributed by atoms with E-state index in [1.54, 1.807) is 0 Å². The van der Waals surface area contributed by atoms with Gasteiger partial charge in [0.05, 0.1) is 6.04 Å². The Labute approximate surface area is 121 Å². The van der Waals surface area contributed by atoms with Gasteiger partial charge < -0.3 is 10.2 Å². The van der Waals surface area contributed by atoms with Crippen LogP contribution in [0.2, 0.25) is 0 Å². The molecule has 1 aromatic rings. The molecule has 0 aromatic heterocycles. The van der Waals surface area contributed by atoms with E-state index in [-0.39, 0.29) is 11.9 Å². The van der Waals surface area contributed by atoms with E-state index in [0.29, 0.717) is 0 Å². The van der Waals surface area contributed by atoms with Crippen LogP contribution in [0.15, 0.2) is 18.2 Å². The molecule has 2 aliphatic heterocycles. The fourth-order valence-electron chi connectivity index (χ4n) is 3.38. The van der Waals surface area contributed by atoms with Crippen molar-refractivity contribution in [2.24, 2.45) is 0 Å². The normalized spacial score (nSPS) is 23.1. The monoisotopic (exact) mass is 272 g/mol. The third kappa shape index (κ3) is 2.73. The minimum atomic E-state index is 0.0183. The number of hydrogen-bond donors (Lipinski definition) is 1. The van der Waals surface area contributed by atoms with Gasteiger partial charge in [0.25, 0.3) is 0 Å². The van der Waals surface area contributed by atoms with Crippen LogP contribution in [0.1, 0.15) is 43.2 Å². The summed E-state index contributed by atoms with van der Waals surface area (Å²) in [6, 6.07) is 6.49. The van der Waals surface area contributed by atoms with Gasteiger partial charge in [-0.15, -0.1) is 0 Å². The van der Waals surface area contributed by atoms with Crippen molar-refractivity contribution in [3.05, 3.63) is 29.3 Å². The number of nitrogens with one attached hydrogen (secondary N) is 1. The standard InChI is InChI=1S/C17H24N2O/c1-13-8-9-16-14(12-13)6-5-11-19(16)17(20)15-7-3-2-4-10-18-15/h8-9,12,15,18H,2-7,10-11H2,1H3. The molecule has 1 amide bonds. The number of benzene rings is 1. The summed E-state index contributed by atoms with van der Waals surface area (Å²) in [6.45, 7) is 3.96. The van der Waals surface area contributed by atoms with Gasteiger partial charge >= 0.3 is 0 Å². The van der Waals surface area contributed by atoms with E-state index in [1.807, 2.05) is 4.90 Å². The highest BCUT2D eigenvalue weighted by Crippen LogP contribution is 2.29. The fourth-order valence-corrected chi connectivity index (χ4v) is 3.38. The SMILES string of the molecule is Cc1ccc2c(c1)CCCN2C(=O)C1CCCCCN1. The lowest BCUT2D eigenvalue weighted by Gasteiger charge is -2.32. The van der Waals surface area contributed by atoms with Gasteiger partial charge in [-0.1, -0.05) is 30.5 Å². The summed E-state index contributed by atoms with van der Waals surface area (Å²) in [5.41, 5.74) is 3.75. The molecule has 1 aromatic carbocycles. The summed E-state index contributed by atoms with van der Waals surface area (Å²) in [5.74, 6) is 0.275. The van der Waals surface area contributed by atoms with Crippen molar-refractivity contribution in [3.8, 4) is 0 Å². The van der Waals surface area contributed by atoms with E-state index in [4.69, 9.17) is 0 Å². The molecular formula is C17H24N2O. The zero-order chi connectivity index (χ0) is 13.9. The number of amides is 1. The minimum absolute atomic E-state index is 0.0183. The largest absolute Gasteiger partial charge is 0.311 e. The number of rotatable bonds is 1. The first-order valence-corrected chi connectivity index (χ1v) is 7.90. The van der Waals surface area contributed by atoms with E-state index in [1.165, 1.54) is 24.0 Å². The molecule has 1 atom stereocenters. The van der Waals surface area contributed by atoms with Gasteiger partial charge in [0.15, 0.2) is 0 Å². The average Bonchev–Trinajstić information content (AvgIpc) is 2.74. The van der Waals surface area contributed by atoms with Crippen molar-refractivity contribution in [1.29, 1.82) is 0 Å². The second-order valence-corrected chi connectivity index (χ2v) is 6.08. The van der Waals surface area contributed by atoms with Gasteiger partial charge in [0.2, 0.25) is 5.91 Å². The van der Waals surface area contributed by atoms with E-state index in [0.717, 1.165) is 44.5 Å². The molecule has 1 unspecified atom stereocenters. The molecule has 108 valence electrons. The van der Waals surface area contributed by atoms with Crippen molar-refractivity contribution in [3.63, 3.8) is 0 Å². The van der Waals surface area contributed by atoms with Crippen LogP contribution in [0.3, 0.4) is 0 Å². The van der Waals surface area contributed by atoms with Crippen LogP contribution in [0.4, 0.5) is 5.69 Å². The Kier molecular flexibility index (Phi) is 4.06. The van der Waals surface area contributed by atoms with Gasteiger partial charge in [-0.25, -0.2) is 0 Å².